The highest BCUT2D eigenvalue weighted by atomic mass is 79.9. The molecule has 0 saturated heterocycles. The van der Waals surface area contributed by atoms with Crippen molar-refractivity contribution in [3.05, 3.63) is 34.3 Å². The topological polar surface area (TPSA) is 64.3 Å². The first-order valence-corrected chi connectivity index (χ1v) is 6.24. The Kier molecular flexibility index (Phi) is 6.18. The normalized spacial score (nSPS) is 12.4. The predicted molar refractivity (Wildman–Crippen MR) is 70.6 cm³/mol. The van der Waals surface area contributed by atoms with E-state index in [4.69, 9.17) is 10.5 Å². The fourth-order valence-corrected chi connectivity index (χ4v) is 2.08. The van der Waals surface area contributed by atoms with Crippen LogP contribution in [0.4, 0.5) is 0 Å². The molecular formula is C12H17BrN2O2. The molecule has 1 aromatic rings. The summed E-state index contributed by atoms with van der Waals surface area (Å²) in [5, 5.41) is 3.31. The highest BCUT2D eigenvalue weighted by Crippen LogP contribution is 2.22. The fraction of sp³-hybridized carbons (Fsp3) is 0.417. The van der Waals surface area contributed by atoms with Gasteiger partial charge in [0.25, 0.3) is 0 Å². The maximum atomic E-state index is 10.4. The van der Waals surface area contributed by atoms with Crippen LogP contribution in [0.2, 0.25) is 0 Å². The molecule has 1 unspecified atom stereocenters. The summed E-state index contributed by atoms with van der Waals surface area (Å²) in [5.74, 6) is -0.441. The van der Waals surface area contributed by atoms with E-state index in [0.717, 1.165) is 4.47 Å². The Morgan fingerprint density at radius 1 is 1.53 bits per heavy atom. The summed E-state index contributed by atoms with van der Waals surface area (Å²) in [7, 11) is 0. The average molecular weight is 301 g/mol. The second-order valence-corrected chi connectivity index (χ2v) is 4.57. The van der Waals surface area contributed by atoms with Gasteiger partial charge in [-0.15, -0.1) is 0 Å². The number of carbonyl (C=O) groups excluding carboxylic acids is 1. The third-order valence-corrected chi connectivity index (χ3v) is 3.04. The van der Waals surface area contributed by atoms with Crippen LogP contribution >= 0.6 is 15.9 Å². The number of primary amides is 1. The lowest BCUT2D eigenvalue weighted by atomic mass is 10.1. The summed E-state index contributed by atoms with van der Waals surface area (Å²) in [6, 6.07) is 8.28. The number of nitrogens with two attached hydrogens (primary N) is 1. The van der Waals surface area contributed by atoms with Gasteiger partial charge in [0, 0.05) is 17.1 Å². The number of benzene rings is 1. The molecule has 1 rings (SSSR count). The van der Waals surface area contributed by atoms with Crippen molar-refractivity contribution in [2.24, 2.45) is 5.73 Å². The molecule has 0 radical (unpaired) electrons. The minimum Gasteiger partial charge on any atom is -0.370 e. The van der Waals surface area contributed by atoms with E-state index < -0.39 is 5.91 Å². The van der Waals surface area contributed by atoms with Gasteiger partial charge in [0.05, 0.1) is 6.61 Å². The molecule has 0 saturated carbocycles. The zero-order chi connectivity index (χ0) is 12.7. The SMILES string of the molecule is CC(NCCOCC(N)=O)c1ccccc1Br. The minimum atomic E-state index is -0.441. The van der Waals surface area contributed by atoms with E-state index in [1.165, 1.54) is 5.56 Å². The van der Waals surface area contributed by atoms with Crippen LogP contribution < -0.4 is 11.1 Å². The lowest BCUT2D eigenvalue weighted by Gasteiger charge is -2.15. The molecule has 0 aromatic heterocycles. The lowest BCUT2D eigenvalue weighted by molar-refractivity contribution is -0.122. The third-order valence-electron chi connectivity index (χ3n) is 2.31. The molecule has 0 aliphatic heterocycles. The van der Waals surface area contributed by atoms with E-state index in [1.54, 1.807) is 0 Å². The summed E-state index contributed by atoms with van der Waals surface area (Å²) in [4.78, 5) is 10.4. The molecule has 0 spiro atoms. The van der Waals surface area contributed by atoms with Crippen LogP contribution in [0.1, 0.15) is 18.5 Å². The first kappa shape index (κ1) is 14.2. The molecule has 0 aliphatic carbocycles. The smallest absolute Gasteiger partial charge is 0.243 e. The van der Waals surface area contributed by atoms with Crippen LogP contribution in [0.3, 0.4) is 0 Å². The molecular weight excluding hydrogens is 284 g/mol. The largest absolute Gasteiger partial charge is 0.370 e. The zero-order valence-corrected chi connectivity index (χ0v) is 11.4. The lowest BCUT2D eigenvalue weighted by Crippen LogP contribution is -2.26. The maximum Gasteiger partial charge on any atom is 0.243 e. The van der Waals surface area contributed by atoms with Gasteiger partial charge in [-0.05, 0) is 18.6 Å². The monoisotopic (exact) mass is 300 g/mol. The van der Waals surface area contributed by atoms with E-state index in [1.807, 2.05) is 18.2 Å². The highest BCUT2D eigenvalue weighted by molar-refractivity contribution is 9.10. The molecule has 3 N–H and O–H groups in total. The second-order valence-electron chi connectivity index (χ2n) is 3.72. The van der Waals surface area contributed by atoms with Crippen molar-refractivity contribution in [1.82, 2.24) is 5.32 Å². The van der Waals surface area contributed by atoms with Crippen LogP contribution in [-0.2, 0) is 9.53 Å². The molecule has 94 valence electrons. The number of halogens is 1. The Hall–Kier alpha value is -0.910. The van der Waals surface area contributed by atoms with Crippen LogP contribution in [0.5, 0.6) is 0 Å². The molecule has 1 aromatic carbocycles. The van der Waals surface area contributed by atoms with Crippen molar-refractivity contribution >= 4 is 21.8 Å². The third kappa shape index (κ3) is 5.30. The average Bonchev–Trinajstić information content (AvgIpc) is 2.28. The van der Waals surface area contributed by atoms with Crippen molar-refractivity contribution in [2.45, 2.75) is 13.0 Å². The standard InChI is InChI=1S/C12H17BrN2O2/c1-9(10-4-2-3-5-11(10)13)15-6-7-17-8-12(14)16/h2-5,9,15H,6-8H2,1H3,(H2,14,16). The summed E-state index contributed by atoms with van der Waals surface area (Å²) in [6.07, 6.45) is 0. The maximum absolute atomic E-state index is 10.4. The molecule has 0 fully saturated rings. The van der Waals surface area contributed by atoms with Crippen molar-refractivity contribution in [3.8, 4) is 0 Å². The van der Waals surface area contributed by atoms with Crippen LogP contribution in [0.25, 0.3) is 0 Å². The van der Waals surface area contributed by atoms with E-state index in [-0.39, 0.29) is 12.6 Å². The van der Waals surface area contributed by atoms with Crippen molar-refractivity contribution in [1.29, 1.82) is 0 Å². The number of hydrogen-bond donors (Lipinski definition) is 2. The molecule has 1 amide bonds. The van der Waals surface area contributed by atoms with Crippen LogP contribution in [0, 0.1) is 0 Å². The van der Waals surface area contributed by atoms with Gasteiger partial charge in [-0.2, -0.15) is 0 Å². The Labute approximate surface area is 110 Å². The van der Waals surface area contributed by atoms with E-state index in [9.17, 15) is 4.79 Å². The first-order valence-electron chi connectivity index (χ1n) is 5.45. The summed E-state index contributed by atoms with van der Waals surface area (Å²) in [5.41, 5.74) is 6.15. The Balaban J connectivity index is 2.28. The molecule has 5 heteroatoms. The first-order chi connectivity index (χ1) is 8.11. The van der Waals surface area contributed by atoms with Gasteiger partial charge in [0.1, 0.15) is 6.61 Å². The van der Waals surface area contributed by atoms with Gasteiger partial charge in [0.2, 0.25) is 5.91 Å². The van der Waals surface area contributed by atoms with Gasteiger partial charge in [-0.1, -0.05) is 34.1 Å². The van der Waals surface area contributed by atoms with Crippen LogP contribution in [0.15, 0.2) is 28.7 Å². The summed E-state index contributed by atoms with van der Waals surface area (Å²) in [6.45, 7) is 3.20. The quantitative estimate of drug-likeness (QED) is 0.752. The number of hydrogen-bond acceptors (Lipinski definition) is 3. The number of nitrogens with one attached hydrogen (secondary N) is 1. The molecule has 0 aliphatic rings. The van der Waals surface area contributed by atoms with Gasteiger partial charge in [-0.3, -0.25) is 4.79 Å². The van der Waals surface area contributed by atoms with E-state index in [2.05, 4.69) is 34.2 Å². The highest BCUT2D eigenvalue weighted by Gasteiger charge is 2.07. The molecule has 0 bridgehead atoms. The van der Waals surface area contributed by atoms with Gasteiger partial charge in [-0.25, -0.2) is 0 Å². The molecule has 1 atom stereocenters. The number of carbonyl (C=O) groups is 1. The molecule has 0 heterocycles. The van der Waals surface area contributed by atoms with Crippen molar-refractivity contribution in [3.63, 3.8) is 0 Å². The fourth-order valence-electron chi connectivity index (χ4n) is 1.46. The van der Waals surface area contributed by atoms with E-state index >= 15 is 0 Å². The van der Waals surface area contributed by atoms with Gasteiger partial charge < -0.3 is 15.8 Å². The zero-order valence-electron chi connectivity index (χ0n) is 9.78. The van der Waals surface area contributed by atoms with Crippen molar-refractivity contribution in [2.75, 3.05) is 19.8 Å². The minimum absolute atomic E-state index is 0.0227. The molecule has 4 nitrogen and oxygen atoms in total. The predicted octanol–water partition coefficient (Wildman–Crippen LogP) is 1.60. The van der Waals surface area contributed by atoms with Gasteiger partial charge in [0.15, 0.2) is 0 Å². The Morgan fingerprint density at radius 2 is 2.24 bits per heavy atom. The summed E-state index contributed by atoms with van der Waals surface area (Å²) < 4.78 is 6.14. The number of ether oxygens (including phenoxy) is 1. The van der Waals surface area contributed by atoms with Crippen molar-refractivity contribution < 1.29 is 9.53 Å². The van der Waals surface area contributed by atoms with E-state index in [0.29, 0.717) is 13.2 Å². The Morgan fingerprint density at radius 3 is 2.88 bits per heavy atom. The van der Waals surface area contributed by atoms with Crippen LogP contribution in [-0.4, -0.2) is 25.7 Å². The number of amides is 1. The summed E-state index contributed by atoms with van der Waals surface area (Å²) >= 11 is 3.51. The molecule has 17 heavy (non-hydrogen) atoms. The number of rotatable bonds is 7. The Bertz CT molecular complexity index is 371. The second kappa shape index (κ2) is 7.42. The van der Waals surface area contributed by atoms with Gasteiger partial charge >= 0.3 is 0 Å².